The molecule has 0 atom stereocenters. The lowest BCUT2D eigenvalue weighted by molar-refractivity contribution is 0.103. The van der Waals surface area contributed by atoms with Crippen molar-refractivity contribution in [2.75, 3.05) is 13.7 Å². The Morgan fingerprint density at radius 1 is 1.26 bits per heavy atom. The van der Waals surface area contributed by atoms with Gasteiger partial charge in [-0.15, -0.1) is 0 Å². The Balaban J connectivity index is 2.38. The van der Waals surface area contributed by atoms with Gasteiger partial charge >= 0.3 is 0 Å². The zero-order valence-corrected chi connectivity index (χ0v) is 10.9. The van der Waals surface area contributed by atoms with E-state index in [4.69, 9.17) is 9.47 Å². The highest BCUT2D eigenvalue weighted by Crippen LogP contribution is 2.22. The van der Waals surface area contributed by atoms with Crippen LogP contribution in [0.4, 0.5) is 0 Å². The van der Waals surface area contributed by atoms with Crippen LogP contribution in [0.2, 0.25) is 0 Å². The standard InChI is InChI=1S/C15H15NO3/c1-3-19-14-7-5-4-6-13(14)15(17)11-8-12(18-2)10-16-9-11/h4-10H,3H2,1-2H3. The summed E-state index contributed by atoms with van der Waals surface area (Å²) in [7, 11) is 1.54. The number of carbonyl (C=O) groups is 1. The second-order valence-electron chi connectivity index (χ2n) is 3.87. The monoisotopic (exact) mass is 257 g/mol. The van der Waals surface area contributed by atoms with Crippen LogP contribution in [0.3, 0.4) is 0 Å². The molecule has 0 radical (unpaired) electrons. The predicted molar refractivity (Wildman–Crippen MR) is 71.8 cm³/mol. The maximum absolute atomic E-state index is 12.4. The molecule has 1 aromatic heterocycles. The molecule has 0 aliphatic heterocycles. The number of ether oxygens (including phenoxy) is 2. The second kappa shape index (κ2) is 6.00. The van der Waals surface area contributed by atoms with E-state index in [1.807, 2.05) is 19.1 Å². The molecule has 0 saturated heterocycles. The van der Waals surface area contributed by atoms with Gasteiger partial charge in [0.05, 0.1) is 25.5 Å². The summed E-state index contributed by atoms with van der Waals surface area (Å²) < 4.78 is 10.5. The molecule has 0 N–H and O–H groups in total. The highest BCUT2D eigenvalue weighted by Gasteiger charge is 2.15. The van der Waals surface area contributed by atoms with Gasteiger partial charge < -0.3 is 9.47 Å². The van der Waals surface area contributed by atoms with Gasteiger partial charge in [0.1, 0.15) is 11.5 Å². The normalized spacial score (nSPS) is 10.0. The van der Waals surface area contributed by atoms with Crippen LogP contribution in [0.15, 0.2) is 42.7 Å². The van der Waals surface area contributed by atoms with Gasteiger partial charge in [-0.3, -0.25) is 9.78 Å². The smallest absolute Gasteiger partial charge is 0.198 e. The number of hydrogen-bond donors (Lipinski definition) is 0. The molecule has 1 heterocycles. The highest BCUT2D eigenvalue weighted by molar-refractivity contribution is 6.10. The summed E-state index contributed by atoms with van der Waals surface area (Å²) >= 11 is 0. The molecular weight excluding hydrogens is 242 g/mol. The third-order valence-corrected chi connectivity index (χ3v) is 2.64. The average molecular weight is 257 g/mol. The fraction of sp³-hybridized carbons (Fsp3) is 0.200. The summed E-state index contributed by atoms with van der Waals surface area (Å²) in [5.74, 6) is 1.01. The van der Waals surface area contributed by atoms with Crippen molar-refractivity contribution in [1.29, 1.82) is 0 Å². The first-order valence-electron chi connectivity index (χ1n) is 6.01. The van der Waals surface area contributed by atoms with Gasteiger partial charge in [0, 0.05) is 11.8 Å². The molecule has 0 bridgehead atoms. The first kappa shape index (κ1) is 13.1. The number of nitrogens with zero attached hydrogens (tertiary/aromatic N) is 1. The van der Waals surface area contributed by atoms with Gasteiger partial charge in [0.25, 0.3) is 0 Å². The molecule has 0 saturated carbocycles. The molecule has 1 aromatic carbocycles. The molecule has 0 spiro atoms. The van der Waals surface area contributed by atoms with Crippen molar-refractivity contribution in [1.82, 2.24) is 4.98 Å². The van der Waals surface area contributed by atoms with E-state index in [0.717, 1.165) is 0 Å². The van der Waals surface area contributed by atoms with Crippen LogP contribution in [0.1, 0.15) is 22.8 Å². The van der Waals surface area contributed by atoms with Crippen LogP contribution in [-0.4, -0.2) is 24.5 Å². The molecule has 0 amide bonds. The van der Waals surface area contributed by atoms with E-state index < -0.39 is 0 Å². The number of ketones is 1. The Bertz CT molecular complexity index is 581. The number of para-hydroxylation sites is 1. The number of aromatic nitrogens is 1. The third-order valence-electron chi connectivity index (χ3n) is 2.64. The van der Waals surface area contributed by atoms with E-state index in [1.165, 1.54) is 6.20 Å². The van der Waals surface area contributed by atoms with Crippen molar-refractivity contribution in [3.63, 3.8) is 0 Å². The van der Waals surface area contributed by atoms with Gasteiger partial charge in [0.15, 0.2) is 5.78 Å². The first-order valence-corrected chi connectivity index (χ1v) is 6.01. The minimum Gasteiger partial charge on any atom is -0.495 e. The number of benzene rings is 1. The molecule has 2 rings (SSSR count). The van der Waals surface area contributed by atoms with Crippen LogP contribution in [-0.2, 0) is 0 Å². The summed E-state index contributed by atoms with van der Waals surface area (Å²) in [6.07, 6.45) is 3.08. The Labute approximate surface area is 112 Å². The molecule has 98 valence electrons. The molecule has 0 aliphatic carbocycles. The Hall–Kier alpha value is -2.36. The zero-order valence-electron chi connectivity index (χ0n) is 10.9. The maximum Gasteiger partial charge on any atom is 0.198 e. The van der Waals surface area contributed by atoms with E-state index in [9.17, 15) is 4.79 Å². The summed E-state index contributed by atoms with van der Waals surface area (Å²) in [5.41, 5.74) is 1.01. The minimum absolute atomic E-state index is 0.129. The van der Waals surface area contributed by atoms with E-state index in [0.29, 0.717) is 29.2 Å². The van der Waals surface area contributed by atoms with Gasteiger partial charge in [-0.05, 0) is 25.1 Å². The molecule has 4 nitrogen and oxygen atoms in total. The Kier molecular flexibility index (Phi) is 4.13. The molecule has 0 fully saturated rings. The summed E-state index contributed by atoms with van der Waals surface area (Å²) in [6, 6.07) is 8.84. The fourth-order valence-corrected chi connectivity index (χ4v) is 1.75. The van der Waals surface area contributed by atoms with E-state index in [-0.39, 0.29) is 5.78 Å². The average Bonchev–Trinajstić information content (AvgIpc) is 2.47. The lowest BCUT2D eigenvalue weighted by Gasteiger charge is -2.09. The predicted octanol–water partition coefficient (Wildman–Crippen LogP) is 2.72. The van der Waals surface area contributed by atoms with Gasteiger partial charge in [0.2, 0.25) is 0 Å². The van der Waals surface area contributed by atoms with Crippen molar-refractivity contribution in [2.24, 2.45) is 0 Å². The maximum atomic E-state index is 12.4. The lowest BCUT2D eigenvalue weighted by Crippen LogP contribution is -2.06. The van der Waals surface area contributed by atoms with Crippen LogP contribution < -0.4 is 9.47 Å². The highest BCUT2D eigenvalue weighted by atomic mass is 16.5. The number of hydrogen-bond acceptors (Lipinski definition) is 4. The van der Waals surface area contributed by atoms with Crippen LogP contribution >= 0.6 is 0 Å². The molecule has 0 aliphatic rings. The fourth-order valence-electron chi connectivity index (χ4n) is 1.75. The van der Waals surface area contributed by atoms with E-state index in [1.54, 1.807) is 31.5 Å². The van der Waals surface area contributed by atoms with Crippen LogP contribution in [0, 0.1) is 0 Å². The van der Waals surface area contributed by atoms with Crippen molar-refractivity contribution in [3.05, 3.63) is 53.9 Å². The minimum atomic E-state index is -0.129. The van der Waals surface area contributed by atoms with Gasteiger partial charge in [-0.25, -0.2) is 0 Å². The van der Waals surface area contributed by atoms with Crippen LogP contribution in [0.5, 0.6) is 11.5 Å². The number of pyridine rings is 1. The van der Waals surface area contributed by atoms with Crippen molar-refractivity contribution >= 4 is 5.78 Å². The van der Waals surface area contributed by atoms with Crippen LogP contribution in [0.25, 0.3) is 0 Å². The first-order chi connectivity index (χ1) is 9.26. The Morgan fingerprint density at radius 2 is 2.05 bits per heavy atom. The summed E-state index contributed by atoms with van der Waals surface area (Å²) in [4.78, 5) is 16.4. The Morgan fingerprint density at radius 3 is 2.79 bits per heavy atom. The summed E-state index contributed by atoms with van der Waals surface area (Å²) in [5, 5.41) is 0. The van der Waals surface area contributed by atoms with Gasteiger partial charge in [-0.2, -0.15) is 0 Å². The molecule has 2 aromatic rings. The molecular formula is C15H15NO3. The molecule has 19 heavy (non-hydrogen) atoms. The number of carbonyl (C=O) groups excluding carboxylic acids is 1. The van der Waals surface area contributed by atoms with Crippen molar-refractivity contribution in [3.8, 4) is 11.5 Å². The van der Waals surface area contributed by atoms with Crippen molar-refractivity contribution in [2.45, 2.75) is 6.92 Å². The second-order valence-corrected chi connectivity index (χ2v) is 3.87. The van der Waals surface area contributed by atoms with E-state index in [2.05, 4.69) is 4.98 Å². The zero-order chi connectivity index (χ0) is 13.7. The molecule has 0 unspecified atom stereocenters. The topological polar surface area (TPSA) is 48.4 Å². The van der Waals surface area contributed by atoms with Gasteiger partial charge in [-0.1, -0.05) is 12.1 Å². The summed E-state index contributed by atoms with van der Waals surface area (Å²) in [6.45, 7) is 2.40. The quantitative estimate of drug-likeness (QED) is 0.773. The third kappa shape index (κ3) is 2.91. The van der Waals surface area contributed by atoms with E-state index >= 15 is 0 Å². The number of methoxy groups -OCH3 is 1. The SMILES string of the molecule is CCOc1ccccc1C(=O)c1cncc(OC)c1. The van der Waals surface area contributed by atoms with Crippen molar-refractivity contribution < 1.29 is 14.3 Å². The largest absolute Gasteiger partial charge is 0.495 e. The lowest BCUT2D eigenvalue weighted by atomic mass is 10.0. The number of rotatable bonds is 5. The molecule has 4 heteroatoms.